The van der Waals surface area contributed by atoms with Crippen LogP contribution in [-0.2, 0) is 0 Å². The lowest BCUT2D eigenvalue weighted by molar-refractivity contribution is 0.111. The van der Waals surface area contributed by atoms with E-state index in [2.05, 4.69) is 4.98 Å². The van der Waals surface area contributed by atoms with Crippen molar-refractivity contribution in [2.75, 3.05) is 0 Å². The number of aromatic nitrogens is 1. The first-order valence-electron chi connectivity index (χ1n) is 3.75. The number of carbonyl (C=O) groups excluding carboxylic acids is 1. The lowest BCUT2D eigenvalue weighted by Crippen LogP contribution is -2.00. The van der Waals surface area contributed by atoms with Gasteiger partial charge in [0.2, 0.25) is 0 Å². The van der Waals surface area contributed by atoms with Gasteiger partial charge in [-0.1, -0.05) is 0 Å². The molecule has 72 valence electrons. The Kier molecular flexibility index (Phi) is 2.87. The molecule has 1 aromatic rings. The number of aryl methyl sites for hydroxylation is 1. The monoisotopic (exact) mass is 196 g/mol. The molecule has 0 saturated carbocycles. The summed E-state index contributed by atoms with van der Waals surface area (Å²) in [5, 5.41) is 8.60. The zero-order valence-corrected chi connectivity index (χ0v) is 7.29. The third-order valence-electron chi connectivity index (χ3n) is 1.72. The van der Waals surface area contributed by atoms with Crippen LogP contribution in [0.1, 0.15) is 33.7 Å². The number of alkyl halides is 2. The number of carbonyl (C=O) groups is 1. The van der Waals surface area contributed by atoms with E-state index >= 15 is 0 Å². The van der Waals surface area contributed by atoms with E-state index in [1.807, 2.05) is 0 Å². The molecule has 14 heavy (non-hydrogen) atoms. The molecule has 0 aliphatic rings. The number of nitrogens with zero attached hydrogens (tertiary/aromatic N) is 2. The van der Waals surface area contributed by atoms with Gasteiger partial charge < -0.3 is 0 Å². The summed E-state index contributed by atoms with van der Waals surface area (Å²) in [5.41, 5.74) is -0.545. The maximum Gasteiger partial charge on any atom is 0.265 e. The van der Waals surface area contributed by atoms with E-state index in [0.29, 0.717) is 6.29 Å². The zero-order chi connectivity index (χ0) is 10.7. The Morgan fingerprint density at radius 1 is 1.64 bits per heavy atom. The van der Waals surface area contributed by atoms with E-state index < -0.39 is 12.0 Å². The highest BCUT2D eigenvalue weighted by molar-refractivity contribution is 5.72. The van der Waals surface area contributed by atoms with Crippen molar-refractivity contribution in [2.45, 2.75) is 13.3 Å². The molecule has 0 radical (unpaired) electrons. The molecule has 1 heterocycles. The molecule has 0 atom stereocenters. The van der Waals surface area contributed by atoms with Crippen molar-refractivity contribution in [3.05, 3.63) is 28.6 Å². The van der Waals surface area contributed by atoms with Gasteiger partial charge in [0, 0.05) is 5.56 Å². The third-order valence-corrected chi connectivity index (χ3v) is 1.72. The van der Waals surface area contributed by atoms with E-state index in [9.17, 15) is 13.6 Å². The fourth-order valence-corrected chi connectivity index (χ4v) is 1.10. The van der Waals surface area contributed by atoms with Gasteiger partial charge in [-0.25, -0.2) is 13.8 Å². The summed E-state index contributed by atoms with van der Waals surface area (Å²) in [5.74, 6) is 0. The van der Waals surface area contributed by atoms with Crippen LogP contribution >= 0.6 is 0 Å². The predicted molar refractivity (Wildman–Crippen MR) is 44.0 cm³/mol. The minimum absolute atomic E-state index is 0.0863. The summed E-state index contributed by atoms with van der Waals surface area (Å²) < 4.78 is 24.8. The molecule has 0 aromatic carbocycles. The van der Waals surface area contributed by atoms with Crippen molar-refractivity contribution in [3.8, 4) is 6.07 Å². The van der Waals surface area contributed by atoms with E-state index in [1.54, 1.807) is 6.07 Å². The van der Waals surface area contributed by atoms with Crippen LogP contribution in [-0.4, -0.2) is 11.3 Å². The zero-order valence-electron chi connectivity index (χ0n) is 7.29. The summed E-state index contributed by atoms with van der Waals surface area (Å²) in [6.45, 7) is 1.41. The topological polar surface area (TPSA) is 53.8 Å². The quantitative estimate of drug-likeness (QED) is 0.680. The van der Waals surface area contributed by atoms with Gasteiger partial charge in [-0.3, -0.25) is 4.79 Å². The van der Waals surface area contributed by atoms with Crippen LogP contribution in [0.15, 0.2) is 6.07 Å². The van der Waals surface area contributed by atoms with Crippen LogP contribution in [0.25, 0.3) is 0 Å². The van der Waals surface area contributed by atoms with Gasteiger partial charge in [-0.2, -0.15) is 5.26 Å². The van der Waals surface area contributed by atoms with Crippen LogP contribution in [0, 0.1) is 18.3 Å². The van der Waals surface area contributed by atoms with Gasteiger partial charge in [0.25, 0.3) is 6.43 Å². The molecule has 0 aliphatic carbocycles. The predicted octanol–water partition coefficient (Wildman–Crippen LogP) is 2.01. The molecule has 0 spiro atoms. The molecule has 0 bridgehead atoms. The van der Waals surface area contributed by atoms with Crippen molar-refractivity contribution in [3.63, 3.8) is 0 Å². The minimum atomic E-state index is -2.77. The lowest BCUT2D eigenvalue weighted by atomic mass is 10.1. The molecule has 0 N–H and O–H groups in total. The van der Waals surface area contributed by atoms with Crippen LogP contribution in [0.5, 0.6) is 0 Å². The molecule has 5 heteroatoms. The molecular formula is C9H6F2N2O. The van der Waals surface area contributed by atoms with Gasteiger partial charge in [0.15, 0.2) is 6.29 Å². The fourth-order valence-electron chi connectivity index (χ4n) is 1.10. The number of halogens is 2. The minimum Gasteiger partial charge on any atom is -0.296 e. The Hall–Kier alpha value is -1.83. The molecule has 0 unspecified atom stereocenters. The second-order valence-corrected chi connectivity index (χ2v) is 2.63. The van der Waals surface area contributed by atoms with Crippen molar-refractivity contribution < 1.29 is 13.6 Å². The summed E-state index contributed by atoms with van der Waals surface area (Å²) in [7, 11) is 0. The molecule has 1 aromatic heterocycles. The average molecular weight is 196 g/mol. The standard InChI is InChI=1S/C9H6F2N2O/c1-5-8(3-12)7(9(10)11)2-6(4-14)13-5/h2,4,9H,1H3. The largest absolute Gasteiger partial charge is 0.296 e. The number of hydrogen-bond donors (Lipinski definition) is 0. The molecular weight excluding hydrogens is 190 g/mol. The lowest BCUT2D eigenvalue weighted by Gasteiger charge is -2.05. The Morgan fingerprint density at radius 3 is 2.71 bits per heavy atom. The fraction of sp³-hybridized carbons (Fsp3) is 0.222. The van der Waals surface area contributed by atoms with Crippen LogP contribution < -0.4 is 0 Å². The highest BCUT2D eigenvalue weighted by atomic mass is 19.3. The van der Waals surface area contributed by atoms with Crippen LogP contribution in [0.4, 0.5) is 8.78 Å². The Balaban J connectivity index is 3.45. The number of nitriles is 1. The van der Waals surface area contributed by atoms with Crippen molar-refractivity contribution in [1.29, 1.82) is 5.26 Å². The highest BCUT2D eigenvalue weighted by Crippen LogP contribution is 2.24. The molecule has 0 saturated heterocycles. The first-order valence-corrected chi connectivity index (χ1v) is 3.75. The molecule has 0 fully saturated rings. The molecule has 0 amide bonds. The van der Waals surface area contributed by atoms with E-state index in [0.717, 1.165) is 6.07 Å². The maximum absolute atomic E-state index is 12.4. The van der Waals surface area contributed by atoms with Crippen molar-refractivity contribution in [1.82, 2.24) is 4.98 Å². The summed E-state index contributed by atoms with van der Waals surface area (Å²) >= 11 is 0. The number of rotatable bonds is 2. The van der Waals surface area contributed by atoms with Crippen molar-refractivity contribution >= 4 is 6.29 Å². The van der Waals surface area contributed by atoms with Gasteiger partial charge in [-0.15, -0.1) is 0 Å². The average Bonchev–Trinajstić information content (AvgIpc) is 2.16. The van der Waals surface area contributed by atoms with Gasteiger partial charge in [-0.05, 0) is 13.0 Å². The third kappa shape index (κ3) is 1.74. The molecule has 3 nitrogen and oxygen atoms in total. The van der Waals surface area contributed by atoms with Gasteiger partial charge in [0.05, 0.1) is 11.3 Å². The number of pyridine rings is 1. The molecule has 1 rings (SSSR count). The van der Waals surface area contributed by atoms with E-state index in [4.69, 9.17) is 5.26 Å². The SMILES string of the molecule is Cc1nc(C=O)cc(C(F)F)c1C#N. The van der Waals surface area contributed by atoms with Crippen LogP contribution in [0.3, 0.4) is 0 Å². The van der Waals surface area contributed by atoms with Gasteiger partial charge >= 0.3 is 0 Å². The van der Waals surface area contributed by atoms with Gasteiger partial charge in [0.1, 0.15) is 11.8 Å². The summed E-state index contributed by atoms with van der Waals surface area (Å²) in [6.07, 6.45) is -2.40. The maximum atomic E-state index is 12.4. The molecule has 0 aliphatic heterocycles. The highest BCUT2D eigenvalue weighted by Gasteiger charge is 2.16. The Labute approximate surface area is 79.0 Å². The summed E-state index contributed by atoms with van der Waals surface area (Å²) in [6, 6.07) is 2.57. The second kappa shape index (κ2) is 3.92. The number of hydrogen-bond acceptors (Lipinski definition) is 3. The Morgan fingerprint density at radius 2 is 2.29 bits per heavy atom. The second-order valence-electron chi connectivity index (χ2n) is 2.63. The van der Waals surface area contributed by atoms with Crippen molar-refractivity contribution in [2.24, 2.45) is 0 Å². The van der Waals surface area contributed by atoms with Crippen LogP contribution in [0.2, 0.25) is 0 Å². The summed E-state index contributed by atoms with van der Waals surface area (Å²) in [4.78, 5) is 14.0. The first kappa shape index (κ1) is 10.3. The van der Waals surface area contributed by atoms with E-state index in [-0.39, 0.29) is 17.0 Å². The first-order chi connectivity index (χ1) is 6.60. The number of aldehydes is 1. The normalized spacial score (nSPS) is 9.93. The van der Waals surface area contributed by atoms with E-state index in [1.165, 1.54) is 6.92 Å². The smallest absolute Gasteiger partial charge is 0.265 e. The Bertz CT molecular complexity index is 410.